The van der Waals surface area contributed by atoms with Crippen LogP contribution in [0.25, 0.3) is 10.2 Å². The lowest BCUT2D eigenvalue weighted by molar-refractivity contribution is -0.129. The molecule has 1 amide bonds. The van der Waals surface area contributed by atoms with E-state index in [4.69, 9.17) is 4.98 Å². The number of amides is 1. The molecule has 214 valence electrons. The third kappa shape index (κ3) is 9.33. The summed E-state index contributed by atoms with van der Waals surface area (Å²) in [4.78, 5) is 47.8. The number of ketones is 2. The summed E-state index contributed by atoms with van der Waals surface area (Å²) in [6.07, 6.45) is 3.37. The van der Waals surface area contributed by atoms with Crippen LogP contribution in [0.5, 0.6) is 0 Å². The zero-order valence-electron chi connectivity index (χ0n) is 24.4. The van der Waals surface area contributed by atoms with Crippen LogP contribution in [0, 0.1) is 11.8 Å². The quantitative estimate of drug-likeness (QED) is 0.322. The molecule has 1 fully saturated rings. The molecule has 1 saturated heterocycles. The number of carbonyl (C=O) groups excluding carboxylic acids is 3. The molecule has 1 aromatic heterocycles. The Morgan fingerprint density at radius 2 is 1.87 bits per heavy atom. The summed E-state index contributed by atoms with van der Waals surface area (Å²) in [5.41, 5.74) is 2.83. The van der Waals surface area contributed by atoms with E-state index >= 15 is 0 Å². The van der Waals surface area contributed by atoms with Crippen LogP contribution in [0.1, 0.15) is 63.9 Å². The van der Waals surface area contributed by atoms with Gasteiger partial charge in [0.05, 0.1) is 21.1 Å². The van der Waals surface area contributed by atoms with Crippen LogP contribution in [0.4, 0.5) is 0 Å². The lowest BCUT2D eigenvalue weighted by atomic mass is 9.91. The normalized spacial score (nSPS) is 17.1. The number of fused-ring (bicyclic) bond motifs is 1. The lowest BCUT2D eigenvalue weighted by Gasteiger charge is -2.32. The number of Topliss-reactive ketones (excluding diaryl/α,β-unsaturated/α-hetero) is 2. The average molecular weight is 555 g/mol. The predicted octanol–water partition coefficient (Wildman–Crippen LogP) is 4.68. The highest BCUT2D eigenvalue weighted by molar-refractivity contribution is 7.18. The van der Waals surface area contributed by atoms with Crippen molar-refractivity contribution in [3.63, 3.8) is 0 Å². The van der Waals surface area contributed by atoms with Crippen LogP contribution in [0.15, 0.2) is 30.4 Å². The molecule has 3 rings (SSSR count). The third-order valence-corrected chi connectivity index (χ3v) is 9.02. The highest BCUT2D eigenvalue weighted by atomic mass is 32.1. The number of benzene rings is 1. The van der Waals surface area contributed by atoms with Gasteiger partial charge in [-0.25, -0.2) is 4.98 Å². The molecule has 1 aromatic carbocycles. The molecule has 0 bridgehead atoms. The van der Waals surface area contributed by atoms with Gasteiger partial charge >= 0.3 is 0 Å². The summed E-state index contributed by atoms with van der Waals surface area (Å²) in [6, 6.07) is 6.13. The minimum Gasteiger partial charge on any atom is -0.353 e. The molecule has 1 aliphatic rings. The summed E-state index contributed by atoms with van der Waals surface area (Å²) < 4.78 is 1.11. The van der Waals surface area contributed by atoms with Crippen molar-refractivity contribution in [3.05, 3.63) is 40.9 Å². The van der Waals surface area contributed by atoms with Gasteiger partial charge in [-0.3, -0.25) is 14.5 Å². The molecule has 2 heterocycles. The van der Waals surface area contributed by atoms with E-state index in [2.05, 4.69) is 61.6 Å². The smallest absolute Gasteiger partial charge is 0.224 e. The number of piperazine rings is 1. The Morgan fingerprint density at radius 3 is 2.51 bits per heavy atom. The highest BCUT2D eigenvalue weighted by Gasteiger charge is 2.27. The first-order valence-corrected chi connectivity index (χ1v) is 15.2. The van der Waals surface area contributed by atoms with Gasteiger partial charge < -0.3 is 15.0 Å². The number of thiazole rings is 1. The van der Waals surface area contributed by atoms with E-state index in [1.165, 1.54) is 12.5 Å². The monoisotopic (exact) mass is 554 g/mol. The molecule has 39 heavy (non-hydrogen) atoms. The Kier molecular flexibility index (Phi) is 11.8. The summed E-state index contributed by atoms with van der Waals surface area (Å²) in [5, 5.41) is 4.08. The number of aromatic nitrogens is 1. The van der Waals surface area contributed by atoms with Crippen LogP contribution < -0.4 is 5.32 Å². The zero-order chi connectivity index (χ0) is 28.5. The second-order valence-electron chi connectivity index (χ2n) is 11.2. The third-order valence-electron chi connectivity index (χ3n) is 7.98. The summed E-state index contributed by atoms with van der Waals surface area (Å²) >= 11 is 1.60. The summed E-state index contributed by atoms with van der Waals surface area (Å²) in [7, 11) is 2.11. The van der Waals surface area contributed by atoms with Crippen LogP contribution in [-0.4, -0.2) is 78.1 Å². The number of carbonyl (C=O) groups is 3. The molecule has 7 nitrogen and oxygen atoms in total. The van der Waals surface area contributed by atoms with Gasteiger partial charge in [0.1, 0.15) is 5.78 Å². The van der Waals surface area contributed by atoms with Gasteiger partial charge in [0, 0.05) is 63.6 Å². The van der Waals surface area contributed by atoms with Crippen molar-refractivity contribution in [2.45, 2.75) is 72.3 Å². The first kappa shape index (κ1) is 31.1. The fourth-order valence-corrected chi connectivity index (χ4v) is 6.16. The Balaban J connectivity index is 1.62. The maximum atomic E-state index is 13.5. The number of nitrogens with zero attached hydrogens (tertiary/aromatic N) is 3. The van der Waals surface area contributed by atoms with Crippen molar-refractivity contribution < 1.29 is 14.4 Å². The van der Waals surface area contributed by atoms with Crippen molar-refractivity contribution in [2.24, 2.45) is 11.8 Å². The van der Waals surface area contributed by atoms with Gasteiger partial charge in [0.25, 0.3) is 0 Å². The van der Waals surface area contributed by atoms with Crippen molar-refractivity contribution in [1.29, 1.82) is 0 Å². The number of rotatable bonds is 15. The standard InChI is InChI=1S/C31H46N4O3S/c1-7-21(3)26(11-12-28(37)22(4)20-35-15-13-34(6)14-16-35)33-31(38)25(17-23(5)36)19-30-32-27-10-9-24(8-2)18-29(27)39-30/h9-10,18,21,25-26H,4,7-8,11-17,19-20H2,1-3,5-6H3,(H,33,38)/t21-,25-,26+/m0/s1. The fraction of sp³-hybridized carbons (Fsp3) is 0.613. The SMILES string of the molecule is C=C(CN1CCN(C)CC1)C(=O)CC[C@@H](NC(=O)[C@@H](CC(C)=O)Cc1nc2ccc(CC)cc2s1)[C@@H](C)CC. The maximum absolute atomic E-state index is 13.5. The van der Waals surface area contributed by atoms with Crippen LogP contribution >= 0.6 is 11.3 Å². The number of aryl methyl sites for hydroxylation is 1. The topological polar surface area (TPSA) is 82.6 Å². The molecule has 1 aliphatic heterocycles. The van der Waals surface area contributed by atoms with Gasteiger partial charge in [0.2, 0.25) is 5.91 Å². The molecule has 0 saturated carbocycles. The number of hydrogen-bond donors (Lipinski definition) is 1. The minimum absolute atomic E-state index is 0.0139. The van der Waals surface area contributed by atoms with Gasteiger partial charge in [-0.2, -0.15) is 0 Å². The van der Waals surface area contributed by atoms with E-state index in [-0.39, 0.29) is 35.9 Å². The molecule has 2 aromatic rings. The molecule has 1 N–H and O–H groups in total. The minimum atomic E-state index is -0.483. The van der Waals surface area contributed by atoms with Gasteiger partial charge in [0.15, 0.2) is 5.78 Å². The molecule has 0 spiro atoms. The summed E-state index contributed by atoms with van der Waals surface area (Å²) in [6.45, 7) is 16.4. The molecule has 0 aliphatic carbocycles. The Bertz CT molecular complexity index is 1150. The Morgan fingerprint density at radius 1 is 1.15 bits per heavy atom. The van der Waals surface area contributed by atoms with E-state index in [1.54, 1.807) is 11.3 Å². The van der Waals surface area contributed by atoms with E-state index < -0.39 is 5.92 Å². The van der Waals surface area contributed by atoms with Crippen LogP contribution in [0.2, 0.25) is 0 Å². The molecular formula is C31H46N4O3S. The number of likely N-dealkylation sites (N-methyl/N-ethyl adjacent to an activating group) is 1. The van der Waals surface area contributed by atoms with Crippen molar-refractivity contribution in [2.75, 3.05) is 39.8 Å². The van der Waals surface area contributed by atoms with Crippen molar-refractivity contribution in [1.82, 2.24) is 20.1 Å². The fourth-order valence-electron chi connectivity index (χ4n) is 5.05. The van der Waals surface area contributed by atoms with Gasteiger partial charge in [-0.1, -0.05) is 39.8 Å². The molecule has 8 heteroatoms. The second-order valence-corrected chi connectivity index (χ2v) is 12.3. The Labute approximate surface area is 238 Å². The summed E-state index contributed by atoms with van der Waals surface area (Å²) in [5.74, 6) is -0.353. The first-order valence-electron chi connectivity index (χ1n) is 14.4. The van der Waals surface area contributed by atoms with Gasteiger partial charge in [-0.05, 0) is 50.4 Å². The van der Waals surface area contributed by atoms with E-state index in [9.17, 15) is 14.4 Å². The van der Waals surface area contributed by atoms with E-state index in [0.29, 0.717) is 31.4 Å². The Hall–Kier alpha value is -2.42. The lowest BCUT2D eigenvalue weighted by Crippen LogP contribution is -2.45. The molecule has 3 atom stereocenters. The first-order chi connectivity index (χ1) is 18.6. The number of hydrogen-bond acceptors (Lipinski definition) is 7. The molecular weight excluding hydrogens is 508 g/mol. The predicted molar refractivity (Wildman–Crippen MR) is 160 cm³/mol. The van der Waals surface area contributed by atoms with Crippen molar-refractivity contribution in [3.8, 4) is 0 Å². The highest BCUT2D eigenvalue weighted by Crippen LogP contribution is 2.27. The van der Waals surface area contributed by atoms with Crippen LogP contribution in [-0.2, 0) is 27.2 Å². The maximum Gasteiger partial charge on any atom is 0.224 e. The number of nitrogens with one attached hydrogen (secondary N) is 1. The largest absolute Gasteiger partial charge is 0.353 e. The molecule has 0 radical (unpaired) electrons. The van der Waals surface area contributed by atoms with E-state index in [0.717, 1.165) is 54.2 Å². The second kappa shape index (κ2) is 14.8. The van der Waals surface area contributed by atoms with Crippen LogP contribution in [0.3, 0.4) is 0 Å². The van der Waals surface area contributed by atoms with E-state index in [1.807, 2.05) is 6.07 Å². The zero-order valence-corrected chi connectivity index (χ0v) is 25.2. The van der Waals surface area contributed by atoms with Gasteiger partial charge in [-0.15, -0.1) is 11.3 Å². The average Bonchev–Trinajstić information content (AvgIpc) is 3.32. The molecule has 0 unspecified atom stereocenters. The van der Waals surface area contributed by atoms with Crippen molar-refractivity contribution >= 4 is 39.0 Å².